The maximum absolute atomic E-state index is 13.7. The van der Waals surface area contributed by atoms with Gasteiger partial charge < -0.3 is 10.2 Å². The molecule has 1 atom stereocenters. The van der Waals surface area contributed by atoms with Gasteiger partial charge in [-0.2, -0.15) is 0 Å². The molecule has 0 fully saturated rings. The predicted molar refractivity (Wildman–Crippen MR) is 144 cm³/mol. The molecular formula is C27H17Cl3N2O3S. The molecule has 1 aliphatic rings. The highest BCUT2D eigenvalue weighted by Gasteiger charge is 2.31. The molecule has 9 heteroatoms. The second kappa shape index (κ2) is 10.1. The minimum absolute atomic E-state index is 0.174. The van der Waals surface area contributed by atoms with E-state index in [1.165, 1.54) is 4.90 Å². The van der Waals surface area contributed by atoms with Crippen molar-refractivity contribution < 1.29 is 13.8 Å². The third-order valence-corrected chi connectivity index (χ3v) is 7.80. The van der Waals surface area contributed by atoms with Gasteiger partial charge in [0.25, 0.3) is 11.8 Å². The summed E-state index contributed by atoms with van der Waals surface area (Å²) < 4.78 is 13.6. The first-order chi connectivity index (χ1) is 17.3. The van der Waals surface area contributed by atoms with Crippen LogP contribution in [0.2, 0.25) is 15.1 Å². The van der Waals surface area contributed by atoms with E-state index in [0.717, 1.165) is 5.56 Å². The smallest absolute Gasteiger partial charge is 0.259 e. The Balaban J connectivity index is 1.59. The highest BCUT2D eigenvalue weighted by Crippen LogP contribution is 2.36. The SMILES string of the molecule is O=C(Nc1cc(Cl)cc(Cl)c1)c1ccc2c(c1)N(Cc1cccc(Cl)c1)C(=O)c1ccccc1[S@@]2=O. The summed E-state index contributed by atoms with van der Waals surface area (Å²) in [5.41, 5.74) is 2.21. The first kappa shape index (κ1) is 24.5. The largest absolute Gasteiger partial charge is 0.322 e. The number of fused-ring (bicyclic) bond motifs is 2. The van der Waals surface area contributed by atoms with E-state index < -0.39 is 16.7 Å². The molecule has 5 rings (SSSR count). The molecule has 0 saturated carbocycles. The van der Waals surface area contributed by atoms with E-state index in [2.05, 4.69) is 5.32 Å². The maximum atomic E-state index is 13.7. The summed E-state index contributed by atoms with van der Waals surface area (Å²) in [4.78, 5) is 29.2. The number of hydrogen-bond donors (Lipinski definition) is 1. The number of rotatable bonds is 4. The Labute approximate surface area is 225 Å². The van der Waals surface area contributed by atoms with E-state index in [1.807, 2.05) is 6.07 Å². The number of carbonyl (C=O) groups excluding carboxylic acids is 2. The predicted octanol–water partition coefficient (Wildman–Crippen LogP) is 7.23. The van der Waals surface area contributed by atoms with Crippen LogP contribution in [0, 0.1) is 0 Å². The van der Waals surface area contributed by atoms with Gasteiger partial charge >= 0.3 is 0 Å². The van der Waals surface area contributed by atoms with Crippen LogP contribution in [0.3, 0.4) is 0 Å². The minimum atomic E-state index is -1.63. The zero-order valence-corrected chi connectivity index (χ0v) is 21.6. The lowest BCUT2D eigenvalue weighted by Crippen LogP contribution is -2.30. The first-order valence-corrected chi connectivity index (χ1v) is 13.1. The van der Waals surface area contributed by atoms with Crippen molar-refractivity contribution in [3.63, 3.8) is 0 Å². The van der Waals surface area contributed by atoms with Gasteiger partial charge in [-0.1, -0.05) is 59.1 Å². The van der Waals surface area contributed by atoms with Gasteiger partial charge in [0.05, 0.1) is 38.4 Å². The van der Waals surface area contributed by atoms with E-state index in [4.69, 9.17) is 34.8 Å². The van der Waals surface area contributed by atoms with Crippen molar-refractivity contribution in [2.75, 3.05) is 10.2 Å². The summed E-state index contributed by atoms with van der Waals surface area (Å²) in [5, 5.41) is 4.07. The van der Waals surface area contributed by atoms with Gasteiger partial charge in [0, 0.05) is 26.3 Å². The van der Waals surface area contributed by atoms with Crippen molar-refractivity contribution in [1.29, 1.82) is 0 Å². The molecule has 36 heavy (non-hydrogen) atoms. The molecule has 1 heterocycles. The third kappa shape index (κ3) is 4.90. The third-order valence-electron chi connectivity index (χ3n) is 5.62. The lowest BCUT2D eigenvalue weighted by atomic mass is 10.1. The summed E-state index contributed by atoms with van der Waals surface area (Å²) in [6, 6.07) is 23.5. The van der Waals surface area contributed by atoms with Crippen molar-refractivity contribution >= 4 is 68.8 Å². The van der Waals surface area contributed by atoms with Crippen LogP contribution in [-0.4, -0.2) is 16.0 Å². The number of anilines is 2. The van der Waals surface area contributed by atoms with E-state index >= 15 is 0 Å². The number of amides is 2. The average Bonchev–Trinajstić information content (AvgIpc) is 2.93. The Bertz CT molecular complexity index is 1540. The van der Waals surface area contributed by atoms with Gasteiger partial charge in [-0.3, -0.25) is 9.59 Å². The molecule has 180 valence electrons. The number of halogens is 3. The monoisotopic (exact) mass is 554 g/mol. The maximum Gasteiger partial charge on any atom is 0.259 e. The van der Waals surface area contributed by atoms with Gasteiger partial charge in [0.15, 0.2) is 0 Å². The molecule has 5 nitrogen and oxygen atoms in total. The Morgan fingerprint density at radius 2 is 1.56 bits per heavy atom. The van der Waals surface area contributed by atoms with Gasteiger partial charge in [-0.05, 0) is 66.2 Å². The van der Waals surface area contributed by atoms with Crippen molar-refractivity contribution in [2.24, 2.45) is 0 Å². The van der Waals surface area contributed by atoms with Crippen molar-refractivity contribution in [3.8, 4) is 0 Å². The van der Waals surface area contributed by atoms with Gasteiger partial charge in [-0.15, -0.1) is 0 Å². The van der Waals surface area contributed by atoms with Crippen molar-refractivity contribution in [3.05, 3.63) is 117 Å². The lowest BCUT2D eigenvalue weighted by Gasteiger charge is -2.24. The summed E-state index contributed by atoms with van der Waals surface area (Å²) in [6.45, 7) is 0.174. The Morgan fingerprint density at radius 3 is 2.31 bits per heavy atom. The zero-order chi connectivity index (χ0) is 25.4. The number of nitrogens with one attached hydrogen (secondary N) is 1. The van der Waals surface area contributed by atoms with Crippen LogP contribution in [0.1, 0.15) is 26.3 Å². The number of nitrogens with zero attached hydrogens (tertiary/aromatic N) is 1. The molecule has 0 unspecified atom stereocenters. The van der Waals surface area contributed by atoms with Crippen LogP contribution < -0.4 is 10.2 Å². The number of carbonyl (C=O) groups is 2. The fourth-order valence-electron chi connectivity index (χ4n) is 4.01. The highest BCUT2D eigenvalue weighted by atomic mass is 35.5. The molecule has 1 aliphatic heterocycles. The summed E-state index contributed by atoms with van der Waals surface area (Å²) >= 11 is 18.3. The van der Waals surface area contributed by atoms with E-state index in [-0.39, 0.29) is 18.0 Å². The fourth-order valence-corrected chi connectivity index (χ4v) is 6.09. The molecule has 0 saturated heterocycles. The van der Waals surface area contributed by atoms with E-state index in [0.29, 0.717) is 41.8 Å². The van der Waals surface area contributed by atoms with E-state index in [9.17, 15) is 13.8 Å². The van der Waals surface area contributed by atoms with Gasteiger partial charge in [0.2, 0.25) is 0 Å². The zero-order valence-electron chi connectivity index (χ0n) is 18.5. The molecule has 4 aromatic rings. The summed E-state index contributed by atoms with van der Waals surface area (Å²) in [5.74, 6) is -0.754. The topological polar surface area (TPSA) is 66.5 Å². The molecule has 1 N–H and O–H groups in total. The quantitative estimate of drug-likeness (QED) is 0.289. The highest BCUT2D eigenvalue weighted by molar-refractivity contribution is 7.85. The van der Waals surface area contributed by atoms with Gasteiger partial charge in [-0.25, -0.2) is 4.21 Å². The first-order valence-electron chi connectivity index (χ1n) is 10.8. The lowest BCUT2D eigenvalue weighted by molar-refractivity contribution is 0.0979. The van der Waals surface area contributed by atoms with E-state index in [1.54, 1.807) is 78.9 Å². The number of benzene rings is 4. The van der Waals surface area contributed by atoms with Gasteiger partial charge in [0.1, 0.15) is 0 Å². The summed E-state index contributed by atoms with van der Waals surface area (Å²) in [6.07, 6.45) is 0. The molecule has 0 radical (unpaired) electrons. The molecule has 4 aromatic carbocycles. The molecule has 0 aromatic heterocycles. The Morgan fingerprint density at radius 1 is 0.806 bits per heavy atom. The van der Waals surface area contributed by atoms with Crippen LogP contribution in [0.5, 0.6) is 0 Å². The van der Waals surface area contributed by atoms with Crippen LogP contribution in [-0.2, 0) is 17.3 Å². The second-order valence-electron chi connectivity index (χ2n) is 8.08. The van der Waals surface area contributed by atoms with Crippen LogP contribution in [0.15, 0.2) is 94.7 Å². The normalized spacial score (nSPS) is 14.6. The molecular weight excluding hydrogens is 539 g/mol. The number of hydrogen-bond acceptors (Lipinski definition) is 3. The summed E-state index contributed by atoms with van der Waals surface area (Å²) in [7, 11) is -1.63. The Kier molecular flexibility index (Phi) is 6.86. The molecule has 2 amide bonds. The van der Waals surface area contributed by atoms with Crippen molar-refractivity contribution in [2.45, 2.75) is 16.3 Å². The van der Waals surface area contributed by atoms with Crippen molar-refractivity contribution in [1.82, 2.24) is 0 Å². The standard InChI is InChI=1S/C27H17Cl3N2O3S/c28-18-5-3-4-16(10-18)15-32-23-11-17(26(33)31-21-13-19(29)12-20(30)14-21)8-9-25(23)36(35)24-7-2-1-6-22(24)27(32)34/h1-14H,15H2,(H,31,33)/t36-/m0/s1. The van der Waals surface area contributed by atoms with Crippen LogP contribution >= 0.6 is 34.8 Å². The van der Waals surface area contributed by atoms with Crippen LogP contribution in [0.4, 0.5) is 11.4 Å². The fraction of sp³-hybridized carbons (Fsp3) is 0.0370. The minimum Gasteiger partial charge on any atom is -0.322 e. The Hall–Kier alpha value is -3.16. The molecule has 0 aliphatic carbocycles. The average molecular weight is 556 g/mol. The molecule has 0 spiro atoms. The second-order valence-corrected chi connectivity index (χ2v) is 10.8. The molecule has 0 bridgehead atoms. The van der Waals surface area contributed by atoms with Crippen LogP contribution in [0.25, 0.3) is 0 Å².